The quantitative estimate of drug-likeness (QED) is 0.831. The number of likely N-dealkylation sites (tertiary alicyclic amines) is 2. The van der Waals surface area contributed by atoms with Crippen LogP contribution in [0.5, 0.6) is 0 Å². The molecule has 1 unspecified atom stereocenters. The van der Waals surface area contributed by atoms with Crippen LogP contribution in [-0.2, 0) is 4.79 Å². The number of hydrogen-bond donors (Lipinski definition) is 1. The SMILES string of the molecule is O=C(O)CCN1CCCC(N2CCCCCC2)C1. The van der Waals surface area contributed by atoms with Crippen LogP contribution in [0.3, 0.4) is 0 Å². The maximum Gasteiger partial charge on any atom is 0.304 e. The Morgan fingerprint density at radius 3 is 2.44 bits per heavy atom. The summed E-state index contributed by atoms with van der Waals surface area (Å²) in [6.07, 6.45) is 8.24. The number of carboxylic acid groups (broad SMARTS) is 1. The maximum atomic E-state index is 10.6. The van der Waals surface area contributed by atoms with E-state index >= 15 is 0 Å². The third kappa shape index (κ3) is 4.25. The lowest BCUT2D eigenvalue weighted by Gasteiger charge is -2.39. The predicted molar refractivity (Wildman–Crippen MR) is 71.8 cm³/mol. The Bertz CT molecular complexity index is 263. The second kappa shape index (κ2) is 7.10. The van der Waals surface area contributed by atoms with Crippen molar-refractivity contribution in [3.8, 4) is 0 Å². The Kier molecular flexibility index (Phi) is 5.45. The monoisotopic (exact) mass is 254 g/mol. The molecule has 0 aromatic heterocycles. The molecule has 0 aromatic carbocycles. The Labute approximate surface area is 110 Å². The smallest absolute Gasteiger partial charge is 0.304 e. The molecule has 104 valence electrons. The van der Waals surface area contributed by atoms with Crippen LogP contribution in [0.25, 0.3) is 0 Å². The summed E-state index contributed by atoms with van der Waals surface area (Å²) >= 11 is 0. The van der Waals surface area contributed by atoms with Crippen LogP contribution < -0.4 is 0 Å². The highest BCUT2D eigenvalue weighted by Gasteiger charge is 2.25. The van der Waals surface area contributed by atoms with Gasteiger partial charge in [0.25, 0.3) is 0 Å². The zero-order valence-electron chi connectivity index (χ0n) is 11.3. The first kappa shape index (κ1) is 13.8. The summed E-state index contributed by atoms with van der Waals surface area (Å²) in [5.41, 5.74) is 0. The van der Waals surface area contributed by atoms with E-state index in [1.54, 1.807) is 0 Å². The summed E-state index contributed by atoms with van der Waals surface area (Å²) in [5, 5.41) is 8.76. The highest BCUT2D eigenvalue weighted by atomic mass is 16.4. The van der Waals surface area contributed by atoms with Crippen molar-refractivity contribution in [2.75, 3.05) is 32.7 Å². The van der Waals surface area contributed by atoms with Crippen LogP contribution in [0.4, 0.5) is 0 Å². The first-order valence-corrected chi connectivity index (χ1v) is 7.44. The zero-order chi connectivity index (χ0) is 12.8. The van der Waals surface area contributed by atoms with Gasteiger partial charge in [0.2, 0.25) is 0 Å². The van der Waals surface area contributed by atoms with Gasteiger partial charge in [-0.15, -0.1) is 0 Å². The molecule has 0 spiro atoms. The fourth-order valence-corrected chi connectivity index (χ4v) is 3.25. The van der Waals surface area contributed by atoms with Crippen LogP contribution in [0.2, 0.25) is 0 Å². The molecule has 2 fully saturated rings. The lowest BCUT2D eigenvalue weighted by Crippen LogP contribution is -2.48. The highest BCUT2D eigenvalue weighted by Crippen LogP contribution is 2.20. The molecule has 2 rings (SSSR count). The van der Waals surface area contributed by atoms with Gasteiger partial charge in [-0.1, -0.05) is 12.8 Å². The van der Waals surface area contributed by atoms with E-state index in [2.05, 4.69) is 9.80 Å². The van der Waals surface area contributed by atoms with Crippen molar-refractivity contribution in [1.82, 2.24) is 9.80 Å². The van der Waals surface area contributed by atoms with E-state index in [1.165, 1.54) is 51.6 Å². The largest absolute Gasteiger partial charge is 0.481 e. The van der Waals surface area contributed by atoms with Crippen molar-refractivity contribution < 1.29 is 9.90 Å². The third-order valence-electron chi connectivity index (χ3n) is 4.28. The lowest BCUT2D eigenvalue weighted by molar-refractivity contribution is -0.137. The standard InChI is InChI=1S/C14H26N2O2/c17-14(18)7-11-15-8-5-6-13(12-15)16-9-3-1-2-4-10-16/h13H,1-12H2,(H,17,18). The molecule has 0 aromatic rings. The van der Waals surface area contributed by atoms with Crippen LogP contribution >= 0.6 is 0 Å². The van der Waals surface area contributed by atoms with Gasteiger partial charge in [0.05, 0.1) is 6.42 Å². The summed E-state index contributed by atoms with van der Waals surface area (Å²) in [4.78, 5) is 15.6. The van der Waals surface area contributed by atoms with Gasteiger partial charge >= 0.3 is 5.97 Å². The predicted octanol–water partition coefficient (Wildman–Crippen LogP) is 1.80. The second-order valence-electron chi connectivity index (χ2n) is 5.69. The van der Waals surface area contributed by atoms with Gasteiger partial charge in [-0.3, -0.25) is 9.69 Å². The molecule has 1 atom stereocenters. The Balaban J connectivity index is 1.79. The molecule has 2 aliphatic rings. The Hall–Kier alpha value is -0.610. The lowest BCUT2D eigenvalue weighted by atomic mass is 10.0. The van der Waals surface area contributed by atoms with E-state index in [4.69, 9.17) is 5.11 Å². The van der Waals surface area contributed by atoms with Crippen molar-refractivity contribution in [3.05, 3.63) is 0 Å². The van der Waals surface area contributed by atoms with Crippen molar-refractivity contribution in [2.45, 2.75) is 51.0 Å². The molecule has 2 saturated heterocycles. The van der Waals surface area contributed by atoms with E-state index in [9.17, 15) is 4.79 Å². The van der Waals surface area contributed by atoms with Gasteiger partial charge < -0.3 is 10.0 Å². The number of nitrogens with zero attached hydrogens (tertiary/aromatic N) is 2. The van der Waals surface area contributed by atoms with Gasteiger partial charge in [0.1, 0.15) is 0 Å². The fourth-order valence-electron chi connectivity index (χ4n) is 3.25. The van der Waals surface area contributed by atoms with Gasteiger partial charge in [0.15, 0.2) is 0 Å². The van der Waals surface area contributed by atoms with Crippen LogP contribution in [0, 0.1) is 0 Å². The number of hydrogen-bond acceptors (Lipinski definition) is 3. The number of carbonyl (C=O) groups is 1. The molecule has 0 amide bonds. The maximum absolute atomic E-state index is 10.6. The minimum Gasteiger partial charge on any atom is -0.481 e. The number of carboxylic acids is 1. The molecular formula is C14H26N2O2. The first-order chi connectivity index (χ1) is 8.75. The first-order valence-electron chi connectivity index (χ1n) is 7.44. The number of aliphatic carboxylic acids is 1. The summed E-state index contributed by atoms with van der Waals surface area (Å²) < 4.78 is 0. The minimum atomic E-state index is -0.674. The Morgan fingerprint density at radius 1 is 1.06 bits per heavy atom. The van der Waals surface area contributed by atoms with E-state index in [0.29, 0.717) is 6.04 Å². The van der Waals surface area contributed by atoms with E-state index in [0.717, 1.165) is 19.6 Å². The van der Waals surface area contributed by atoms with Gasteiger partial charge in [-0.25, -0.2) is 0 Å². The van der Waals surface area contributed by atoms with E-state index in [-0.39, 0.29) is 6.42 Å². The van der Waals surface area contributed by atoms with E-state index in [1.807, 2.05) is 0 Å². The third-order valence-corrected chi connectivity index (χ3v) is 4.28. The summed E-state index contributed by atoms with van der Waals surface area (Å²) in [6, 6.07) is 0.672. The average Bonchev–Trinajstić information content (AvgIpc) is 2.65. The molecule has 0 radical (unpaired) electrons. The molecular weight excluding hydrogens is 228 g/mol. The highest BCUT2D eigenvalue weighted by molar-refractivity contribution is 5.66. The number of piperidine rings is 1. The van der Waals surface area contributed by atoms with Crippen molar-refractivity contribution in [3.63, 3.8) is 0 Å². The summed E-state index contributed by atoms with van der Waals surface area (Å²) in [6.45, 7) is 5.37. The molecule has 4 heteroatoms. The van der Waals surface area contributed by atoms with Gasteiger partial charge in [-0.2, -0.15) is 0 Å². The molecule has 4 nitrogen and oxygen atoms in total. The normalized spacial score (nSPS) is 27.9. The zero-order valence-corrected chi connectivity index (χ0v) is 11.3. The van der Waals surface area contributed by atoms with Gasteiger partial charge in [-0.05, 0) is 45.3 Å². The molecule has 2 heterocycles. The molecule has 2 aliphatic heterocycles. The topological polar surface area (TPSA) is 43.8 Å². The summed E-state index contributed by atoms with van der Waals surface area (Å²) in [7, 11) is 0. The van der Waals surface area contributed by atoms with Gasteiger partial charge in [0, 0.05) is 19.1 Å². The molecule has 0 saturated carbocycles. The minimum absolute atomic E-state index is 0.284. The van der Waals surface area contributed by atoms with E-state index < -0.39 is 5.97 Å². The summed E-state index contributed by atoms with van der Waals surface area (Å²) in [5.74, 6) is -0.674. The molecule has 18 heavy (non-hydrogen) atoms. The molecule has 0 aliphatic carbocycles. The fraction of sp³-hybridized carbons (Fsp3) is 0.929. The molecule has 0 bridgehead atoms. The van der Waals surface area contributed by atoms with Crippen molar-refractivity contribution >= 4 is 5.97 Å². The number of rotatable bonds is 4. The second-order valence-corrected chi connectivity index (χ2v) is 5.69. The van der Waals surface area contributed by atoms with Crippen LogP contribution in [0.1, 0.15) is 44.9 Å². The van der Waals surface area contributed by atoms with Crippen LogP contribution in [0.15, 0.2) is 0 Å². The van der Waals surface area contributed by atoms with Crippen molar-refractivity contribution in [2.24, 2.45) is 0 Å². The Morgan fingerprint density at radius 2 is 1.78 bits per heavy atom. The average molecular weight is 254 g/mol. The molecule has 1 N–H and O–H groups in total. The van der Waals surface area contributed by atoms with Crippen LogP contribution in [-0.4, -0.2) is 59.6 Å². The van der Waals surface area contributed by atoms with Crippen molar-refractivity contribution in [1.29, 1.82) is 0 Å².